The van der Waals surface area contributed by atoms with Crippen molar-refractivity contribution in [3.63, 3.8) is 0 Å². The number of carboxylic acid groups (broad SMARTS) is 1. The van der Waals surface area contributed by atoms with Crippen molar-refractivity contribution in [2.75, 3.05) is 0 Å². The van der Waals surface area contributed by atoms with Gasteiger partial charge in [0.15, 0.2) is 0 Å². The fraction of sp³-hybridized carbons (Fsp3) is 0. The van der Waals surface area contributed by atoms with Crippen LogP contribution in [0.15, 0.2) is 59.3 Å². The van der Waals surface area contributed by atoms with E-state index in [1.165, 1.54) is 0 Å². The van der Waals surface area contributed by atoms with Crippen molar-refractivity contribution in [2.45, 2.75) is 0 Å². The molecule has 2 aromatic carbocycles. The van der Waals surface area contributed by atoms with Gasteiger partial charge in [0, 0.05) is 5.56 Å². The number of azo groups is 1. The molecule has 0 saturated heterocycles. The molecule has 92 valence electrons. The van der Waals surface area contributed by atoms with Gasteiger partial charge < -0.3 is 5.11 Å². The van der Waals surface area contributed by atoms with Crippen LogP contribution in [0.1, 0.15) is 5.56 Å². The molecule has 0 unspecified atom stereocenters. The third kappa shape index (κ3) is 1.93. The van der Waals surface area contributed by atoms with E-state index in [0.29, 0.717) is 5.56 Å². The second-order valence-electron chi connectivity index (χ2n) is 4.26. The Morgan fingerprint density at radius 3 is 2.47 bits per heavy atom. The molecule has 4 nitrogen and oxygen atoms in total. The van der Waals surface area contributed by atoms with E-state index in [1.807, 2.05) is 30.3 Å². The SMILES string of the molecule is C=C(C(=O)O)c1ccc(-c2ccc3cc2N=N3)cc1. The van der Waals surface area contributed by atoms with Crippen LogP contribution in [0.3, 0.4) is 0 Å². The van der Waals surface area contributed by atoms with Gasteiger partial charge in [-0.05, 0) is 29.3 Å². The van der Waals surface area contributed by atoms with Gasteiger partial charge >= 0.3 is 5.97 Å². The Bertz CT molecular complexity index is 715. The number of benzene rings is 2. The molecule has 1 aliphatic heterocycles. The maximum Gasteiger partial charge on any atom is 0.335 e. The second kappa shape index (κ2) is 4.17. The van der Waals surface area contributed by atoms with Gasteiger partial charge in [-0.25, -0.2) is 4.79 Å². The molecular weight excluding hydrogens is 240 g/mol. The summed E-state index contributed by atoms with van der Waals surface area (Å²) < 4.78 is 0. The van der Waals surface area contributed by atoms with Crippen molar-refractivity contribution in [1.29, 1.82) is 0 Å². The molecule has 3 rings (SSSR count). The van der Waals surface area contributed by atoms with E-state index in [1.54, 1.807) is 12.1 Å². The van der Waals surface area contributed by atoms with Gasteiger partial charge in [0.1, 0.15) is 0 Å². The van der Waals surface area contributed by atoms with Gasteiger partial charge in [-0.1, -0.05) is 30.8 Å². The van der Waals surface area contributed by atoms with Gasteiger partial charge in [-0.15, -0.1) is 5.11 Å². The summed E-state index contributed by atoms with van der Waals surface area (Å²) in [4.78, 5) is 10.8. The molecule has 0 amide bonds. The monoisotopic (exact) mass is 250 g/mol. The molecule has 19 heavy (non-hydrogen) atoms. The highest BCUT2D eigenvalue weighted by Crippen LogP contribution is 2.38. The van der Waals surface area contributed by atoms with Gasteiger partial charge in [0.25, 0.3) is 0 Å². The highest BCUT2D eigenvalue weighted by atomic mass is 16.4. The number of fused-ring (bicyclic) bond motifs is 2. The summed E-state index contributed by atoms with van der Waals surface area (Å²) in [6.07, 6.45) is 0. The van der Waals surface area contributed by atoms with E-state index in [4.69, 9.17) is 5.11 Å². The van der Waals surface area contributed by atoms with Crippen LogP contribution in [-0.4, -0.2) is 11.1 Å². The molecular formula is C15H10N2O2. The topological polar surface area (TPSA) is 62.0 Å². The lowest BCUT2D eigenvalue weighted by Gasteiger charge is -2.05. The summed E-state index contributed by atoms with van der Waals surface area (Å²) >= 11 is 0. The molecule has 0 saturated carbocycles. The molecule has 2 bridgehead atoms. The van der Waals surface area contributed by atoms with E-state index < -0.39 is 5.97 Å². The van der Waals surface area contributed by atoms with Gasteiger partial charge in [-0.3, -0.25) is 0 Å². The average Bonchev–Trinajstić information content (AvgIpc) is 2.80. The largest absolute Gasteiger partial charge is 0.478 e. The molecule has 2 aromatic rings. The molecule has 1 heterocycles. The zero-order chi connectivity index (χ0) is 13.4. The molecule has 4 heteroatoms. The maximum absolute atomic E-state index is 10.8. The lowest BCUT2D eigenvalue weighted by Crippen LogP contribution is -1.97. The van der Waals surface area contributed by atoms with Crippen molar-refractivity contribution in [3.05, 3.63) is 54.6 Å². The number of rotatable bonds is 3. The first-order valence-electron chi connectivity index (χ1n) is 5.74. The van der Waals surface area contributed by atoms with E-state index >= 15 is 0 Å². The third-order valence-electron chi connectivity index (χ3n) is 3.06. The highest BCUT2D eigenvalue weighted by Gasteiger charge is 2.11. The van der Waals surface area contributed by atoms with Gasteiger partial charge in [0.05, 0.1) is 16.9 Å². The lowest BCUT2D eigenvalue weighted by atomic mass is 10.00. The average molecular weight is 250 g/mol. The molecule has 0 spiro atoms. The standard InChI is InChI=1S/C15H10N2O2/c1-9(15(18)19)10-2-4-11(5-3-10)13-7-6-12-8-14(13)17-16-12/h2-8H,1H2,(H,18,19). The van der Waals surface area contributed by atoms with Crippen molar-refractivity contribution in [1.82, 2.24) is 0 Å². The van der Waals surface area contributed by atoms with Crippen LogP contribution in [0.2, 0.25) is 0 Å². The molecule has 0 atom stereocenters. The van der Waals surface area contributed by atoms with E-state index in [0.717, 1.165) is 22.5 Å². The summed E-state index contributed by atoms with van der Waals surface area (Å²) in [5, 5.41) is 17.0. The van der Waals surface area contributed by atoms with Crippen molar-refractivity contribution >= 4 is 22.9 Å². The second-order valence-corrected chi connectivity index (χ2v) is 4.26. The van der Waals surface area contributed by atoms with Crippen molar-refractivity contribution < 1.29 is 9.90 Å². The van der Waals surface area contributed by atoms with Crippen LogP contribution < -0.4 is 0 Å². The summed E-state index contributed by atoms with van der Waals surface area (Å²) in [5.41, 5.74) is 4.34. The highest BCUT2D eigenvalue weighted by molar-refractivity contribution is 6.14. The van der Waals surface area contributed by atoms with Gasteiger partial charge in [-0.2, -0.15) is 5.11 Å². The first kappa shape index (κ1) is 11.3. The first-order chi connectivity index (χ1) is 9.15. The quantitative estimate of drug-likeness (QED) is 0.709. The zero-order valence-electron chi connectivity index (χ0n) is 10.00. The van der Waals surface area contributed by atoms with E-state index in [9.17, 15) is 4.79 Å². The fourth-order valence-corrected chi connectivity index (χ4v) is 2.00. The zero-order valence-corrected chi connectivity index (χ0v) is 10.00. The predicted molar refractivity (Wildman–Crippen MR) is 72.7 cm³/mol. The minimum Gasteiger partial charge on any atom is -0.478 e. The number of aliphatic carboxylic acids is 1. The Kier molecular flexibility index (Phi) is 2.49. The molecule has 0 radical (unpaired) electrons. The van der Waals surface area contributed by atoms with Crippen molar-refractivity contribution in [2.24, 2.45) is 10.2 Å². The first-order valence-corrected chi connectivity index (χ1v) is 5.74. The normalized spacial score (nSPS) is 11.6. The molecule has 0 fully saturated rings. The fourth-order valence-electron chi connectivity index (χ4n) is 2.00. The van der Waals surface area contributed by atoms with Crippen LogP contribution in [0.5, 0.6) is 0 Å². The number of hydrogen-bond donors (Lipinski definition) is 1. The smallest absolute Gasteiger partial charge is 0.335 e. The van der Waals surface area contributed by atoms with Crippen LogP contribution in [0, 0.1) is 0 Å². The maximum atomic E-state index is 10.8. The predicted octanol–water partition coefficient (Wildman–Crippen LogP) is 4.18. The lowest BCUT2D eigenvalue weighted by molar-refractivity contribution is -0.130. The van der Waals surface area contributed by atoms with Gasteiger partial charge in [0.2, 0.25) is 0 Å². The van der Waals surface area contributed by atoms with E-state index in [2.05, 4.69) is 16.8 Å². The Labute approximate surface area is 109 Å². The van der Waals surface area contributed by atoms with E-state index in [-0.39, 0.29) is 5.57 Å². The Hall–Kier alpha value is -2.75. The minimum absolute atomic E-state index is 0.0890. The molecule has 1 N–H and O–H groups in total. The minimum atomic E-state index is -1.01. The van der Waals surface area contributed by atoms with Crippen LogP contribution >= 0.6 is 0 Å². The summed E-state index contributed by atoms with van der Waals surface area (Å²) in [5.74, 6) is -1.01. The summed E-state index contributed by atoms with van der Waals surface area (Å²) in [6, 6.07) is 13.0. The molecule has 0 aromatic heterocycles. The Morgan fingerprint density at radius 1 is 1.05 bits per heavy atom. The number of carbonyl (C=O) groups is 1. The Balaban J connectivity index is 1.98. The molecule has 1 aliphatic rings. The molecule has 0 aliphatic carbocycles. The summed E-state index contributed by atoms with van der Waals surface area (Å²) in [6.45, 7) is 3.54. The number of hydrogen-bond acceptors (Lipinski definition) is 3. The van der Waals surface area contributed by atoms with Crippen molar-refractivity contribution in [3.8, 4) is 11.1 Å². The summed E-state index contributed by atoms with van der Waals surface area (Å²) in [7, 11) is 0. The number of carboxylic acids is 1. The van der Waals surface area contributed by atoms with Crippen LogP contribution in [-0.2, 0) is 4.79 Å². The van der Waals surface area contributed by atoms with Crippen LogP contribution in [0.25, 0.3) is 16.7 Å². The number of nitrogens with zero attached hydrogens (tertiary/aromatic N) is 2. The third-order valence-corrected chi connectivity index (χ3v) is 3.06. The van der Waals surface area contributed by atoms with Crippen LogP contribution in [0.4, 0.5) is 11.4 Å². The Morgan fingerprint density at radius 2 is 1.79 bits per heavy atom.